The second-order valence-corrected chi connectivity index (χ2v) is 6.18. The number of nitrogens with one attached hydrogen (secondary N) is 2. The third-order valence-electron chi connectivity index (χ3n) is 2.86. The van der Waals surface area contributed by atoms with Gasteiger partial charge in [0.25, 0.3) is 10.0 Å². The minimum Gasteiger partial charge on any atom is -0.376 e. The molecule has 0 bridgehead atoms. The number of aromatic nitrogens is 1. The van der Waals surface area contributed by atoms with E-state index in [4.69, 9.17) is 5.84 Å². The van der Waals surface area contributed by atoms with E-state index in [9.17, 15) is 8.42 Å². The maximum Gasteiger partial charge on any atom is 0.265 e. The first kappa shape index (κ1) is 15.1. The van der Waals surface area contributed by atoms with E-state index in [2.05, 4.69) is 15.1 Å². The number of hydrazine groups is 1. The molecule has 0 saturated heterocycles. The second kappa shape index (κ2) is 5.98. The number of nitrogens with zero attached hydrogens (tertiary/aromatic N) is 2. The zero-order valence-corrected chi connectivity index (χ0v) is 12.6. The topological polar surface area (TPSA) is 100 Å². The van der Waals surface area contributed by atoms with Crippen LogP contribution in [0.2, 0.25) is 0 Å². The van der Waals surface area contributed by atoms with E-state index in [0.29, 0.717) is 5.69 Å². The Bertz CT molecular complexity index is 731. The smallest absolute Gasteiger partial charge is 0.265 e. The molecule has 1 aromatic heterocycles. The molecule has 112 valence electrons. The zero-order chi connectivity index (χ0) is 15.5. The Hall–Kier alpha value is -2.32. The summed E-state index contributed by atoms with van der Waals surface area (Å²) < 4.78 is 27.5. The number of nitrogens with two attached hydrogens (primary N) is 1. The molecule has 0 atom stereocenters. The van der Waals surface area contributed by atoms with Gasteiger partial charge in [-0.15, -0.1) is 0 Å². The highest BCUT2D eigenvalue weighted by Crippen LogP contribution is 2.28. The van der Waals surface area contributed by atoms with Crippen molar-refractivity contribution < 1.29 is 8.42 Å². The van der Waals surface area contributed by atoms with Gasteiger partial charge in [0.05, 0.1) is 17.1 Å². The van der Waals surface area contributed by atoms with Crippen LogP contribution in [0.1, 0.15) is 0 Å². The molecule has 0 spiro atoms. The second-order valence-electron chi connectivity index (χ2n) is 4.53. The fourth-order valence-electron chi connectivity index (χ4n) is 1.86. The number of nitrogen functional groups attached to an aromatic ring is 1. The average molecular weight is 307 g/mol. The summed E-state index contributed by atoms with van der Waals surface area (Å²) in [6.07, 6.45) is 2.71. The lowest BCUT2D eigenvalue weighted by molar-refractivity contribution is 0.601. The van der Waals surface area contributed by atoms with Gasteiger partial charge in [0.15, 0.2) is 0 Å². The van der Waals surface area contributed by atoms with Crippen molar-refractivity contribution in [2.75, 3.05) is 29.1 Å². The van der Waals surface area contributed by atoms with Gasteiger partial charge in [-0.25, -0.2) is 8.42 Å². The van der Waals surface area contributed by atoms with Gasteiger partial charge in [0, 0.05) is 26.5 Å². The minimum atomic E-state index is -3.79. The highest BCUT2D eigenvalue weighted by Gasteiger charge is 2.20. The Morgan fingerprint density at radius 2 is 1.86 bits per heavy atom. The number of anilines is 3. The minimum absolute atomic E-state index is 0.0129. The normalized spacial score (nSPS) is 11.0. The summed E-state index contributed by atoms with van der Waals surface area (Å²) in [5.41, 5.74) is 3.87. The van der Waals surface area contributed by atoms with Crippen LogP contribution in [0.4, 0.5) is 17.1 Å². The summed E-state index contributed by atoms with van der Waals surface area (Å²) in [4.78, 5) is 5.64. The third-order valence-corrected chi connectivity index (χ3v) is 4.25. The van der Waals surface area contributed by atoms with Crippen molar-refractivity contribution in [3.8, 4) is 0 Å². The Balaban J connectivity index is 2.43. The van der Waals surface area contributed by atoms with Crippen LogP contribution in [0.5, 0.6) is 0 Å². The number of hydrogen-bond donors (Lipinski definition) is 3. The van der Waals surface area contributed by atoms with Gasteiger partial charge >= 0.3 is 0 Å². The lowest BCUT2D eigenvalue weighted by Crippen LogP contribution is -2.19. The first-order valence-corrected chi connectivity index (χ1v) is 7.64. The zero-order valence-electron chi connectivity index (χ0n) is 11.7. The quantitative estimate of drug-likeness (QED) is 0.567. The number of sulfonamides is 1. The maximum atomic E-state index is 12.5. The van der Waals surface area contributed by atoms with Crippen LogP contribution in [0.3, 0.4) is 0 Å². The molecular weight excluding hydrogens is 290 g/mol. The highest BCUT2D eigenvalue weighted by atomic mass is 32.2. The maximum absolute atomic E-state index is 12.5. The summed E-state index contributed by atoms with van der Waals surface area (Å²) in [6.45, 7) is 0. The van der Waals surface area contributed by atoms with Gasteiger partial charge in [0.1, 0.15) is 4.90 Å². The van der Waals surface area contributed by atoms with E-state index in [0.717, 1.165) is 5.69 Å². The number of hydrogen-bond acceptors (Lipinski definition) is 6. The summed E-state index contributed by atoms with van der Waals surface area (Å²) in [5.74, 6) is 5.34. The Morgan fingerprint density at radius 1 is 1.14 bits per heavy atom. The molecular formula is C13H17N5O2S. The fourth-order valence-corrected chi connectivity index (χ4v) is 3.05. The van der Waals surface area contributed by atoms with E-state index in [-0.39, 0.29) is 10.6 Å². The van der Waals surface area contributed by atoms with Crippen LogP contribution in [0, 0.1) is 0 Å². The van der Waals surface area contributed by atoms with Gasteiger partial charge in [-0.2, -0.15) is 0 Å². The fraction of sp³-hybridized carbons (Fsp3) is 0.154. The Kier molecular flexibility index (Phi) is 4.29. The summed E-state index contributed by atoms with van der Waals surface area (Å²) in [6, 6.07) is 8.61. The number of benzene rings is 1. The molecule has 1 aromatic carbocycles. The van der Waals surface area contributed by atoms with Crippen LogP contribution in [-0.2, 0) is 10.0 Å². The van der Waals surface area contributed by atoms with Gasteiger partial charge < -0.3 is 10.3 Å². The van der Waals surface area contributed by atoms with Crippen LogP contribution < -0.4 is 20.9 Å². The molecule has 4 N–H and O–H groups in total. The lowest BCUT2D eigenvalue weighted by atomic mass is 10.2. The molecule has 2 aromatic rings. The molecule has 0 fully saturated rings. The molecule has 0 amide bonds. The molecule has 0 unspecified atom stereocenters. The predicted molar refractivity (Wildman–Crippen MR) is 83.6 cm³/mol. The molecule has 0 saturated carbocycles. The standard InChI is InChI=1S/C13H17N5O2S/c1-18(2)12-6-4-3-5-10(12)17-21(19,20)13-9-15-8-7-11(13)16-14/h3-9,17H,14H2,1-2H3,(H,15,16). The van der Waals surface area contributed by atoms with Crippen LogP contribution in [-0.4, -0.2) is 27.5 Å². The number of pyridine rings is 1. The van der Waals surface area contributed by atoms with Gasteiger partial charge in [0.2, 0.25) is 0 Å². The Labute approximate surface area is 123 Å². The number of para-hydroxylation sites is 2. The predicted octanol–water partition coefficient (Wildman–Crippen LogP) is 1.23. The first-order chi connectivity index (χ1) is 9.95. The Morgan fingerprint density at radius 3 is 2.52 bits per heavy atom. The van der Waals surface area contributed by atoms with Gasteiger partial charge in [-0.1, -0.05) is 12.1 Å². The third kappa shape index (κ3) is 3.23. The largest absolute Gasteiger partial charge is 0.376 e. The summed E-state index contributed by atoms with van der Waals surface area (Å²) in [5, 5.41) is 0. The summed E-state index contributed by atoms with van der Waals surface area (Å²) >= 11 is 0. The van der Waals surface area contributed by atoms with Crippen LogP contribution in [0.15, 0.2) is 47.6 Å². The van der Waals surface area contributed by atoms with Crippen molar-refractivity contribution in [1.29, 1.82) is 0 Å². The lowest BCUT2D eigenvalue weighted by Gasteiger charge is -2.18. The van der Waals surface area contributed by atoms with Gasteiger partial charge in [-0.3, -0.25) is 15.5 Å². The van der Waals surface area contributed by atoms with Gasteiger partial charge in [-0.05, 0) is 18.2 Å². The molecule has 0 aliphatic rings. The molecule has 1 heterocycles. The first-order valence-electron chi connectivity index (χ1n) is 6.15. The van der Waals surface area contributed by atoms with E-state index < -0.39 is 10.0 Å². The summed E-state index contributed by atoms with van der Waals surface area (Å²) in [7, 11) is -0.119. The van der Waals surface area contributed by atoms with Crippen molar-refractivity contribution in [3.05, 3.63) is 42.7 Å². The van der Waals surface area contributed by atoms with Crippen molar-refractivity contribution in [2.45, 2.75) is 4.90 Å². The molecule has 8 heteroatoms. The molecule has 0 aliphatic carbocycles. The van der Waals surface area contributed by atoms with Crippen molar-refractivity contribution >= 4 is 27.1 Å². The molecule has 21 heavy (non-hydrogen) atoms. The molecule has 0 aliphatic heterocycles. The monoisotopic (exact) mass is 307 g/mol. The highest BCUT2D eigenvalue weighted by molar-refractivity contribution is 7.92. The number of rotatable bonds is 5. The molecule has 7 nitrogen and oxygen atoms in total. The van der Waals surface area contributed by atoms with Crippen molar-refractivity contribution in [2.24, 2.45) is 5.84 Å². The molecule has 2 rings (SSSR count). The average Bonchev–Trinajstić information content (AvgIpc) is 2.47. The van der Waals surface area contributed by atoms with E-state index in [1.54, 1.807) is 12.1 Å². The van der Waals surface area contributed by atoms with Crippen molar-refractivity contribution in [1.82, 2.24) is 4.98 Å². The SMILES string of the molecule is CN(C)c1ccccc1NS(=O)(=O)c1cnccc1NN. The van der Waals surface area contributed by atoms with Crippen LogP contribution >= 0.6 is 0 Å². The molecule has 0 radical (unpaired) electrons. The van der Waals surface area contributed by atoms with E-state index >= 15 is 0 Å². The van der Waals surface area contributed by atoms with E-state index in [1.807, 2.05) is 31.1 Å². The van der Waals surface area contributed by atoms with Crippen LogP contribution in [0.25, 0.3) is 0 Å². The van der Waals surface area contributed by atoms with Crippen molar-refractivity contribution in [3.63, 3.8) is 0 Å². The van der Waals surface area contributed by atoms with E-state index in [1.165, 1.54) is 18.5 Å².